The summed E-state index contributed by atoms with van der Waals surface area (Å²) in [6, 6.07) is 15.3. The van der Waals surface area contributed by atoms with Crippen molar-refractivity contribution >= 4 is 15.9 Å². The molecule has 0 fully saturated rings. The van der Waals surface area contributed by atoms with Crippen LogP contribution in [0.25, 0.3) is 11.3 Å². The van der Waals surface area contributed by atoms with E-state index in [-0.39, 0.29) is 27.7 Å². The predicted molar refractivity (Wildman–Crippen MR) is 140 cm³/mol. The Morgan fingerprint density at radius 2 is 1.74 bits per heavy atom. The molecule has 38 heavy (non-hydrogen) atoms. The maximum atomic E-state index is 14.9. The average molecular weight is 536 g/mol. The highest BCUT2D eigenvalue weighted by molar-refractivity contribution is 7.90. The highest BCUT2D eigenvalue weighted by atomic mass is 32.2. The van der Waals surface area contributed by atoms with Crippen LogP contribution in [0.15, 0.2) is 71.9 Å². The van der Waals surface area contributed by atoms with E-state index in [2.05, 4.69) is 9.97 Å². The van der Waals surface area contributed by atoms with E-state index in [0.717, 1.165) is 16.7 Å². The molecule has 2 aromatic heterocycles. The van der Waals surface area contributed by atoms with Gasteiger partial charge in [0.05, 0.1) is 12.3 Å². The topological polar surface area (TPSA) is 107 Å². The molecule has 0 radical (unpaired) electrons. The third-order valence-electron chi connectivity index (χ3n) is 5.58. The molecule has 0 saturated heterocycles. The smallest absolute Gasteiger partial charge is 0.281 e. The number of carbonyl (C=O) groups excluding carboxylic acids is 1. The molecule has 0 saturated carbocycles. The van der Waals surface area contributed by atoms with Gasteiger partial charge in [-0.1, -0.05) is 23.8 Å². The fourth-order valence-corrected chi connectivity index (χ4v) is 4.88. The lowest BCUT2D eigenvalue weighted by molar-refractivity contribution is 0.0978. The van der Waals surface area contributed by atoms with E-state index in [4.69, 9.17) is 9.47 Å². The number of aryl methyl sites for hydroxylation is 3. The standard InChI is InChI=1S/C28H26FN3O5S/c1-5-36-20-9-10-21(23(29)16-20)24-12-11-22(27(33)32-38(34,35)25-8-6-7-13-30-25)28(31-24)37-26-18(3)14-17(2)15-19(26)4/h6-16H,5H2,1-4H3,(H,32,33). The molecule has 0 unspecified atom stereocenters. The number of hydrogen-bond donors (Lipinski definition) is 1. The van der Waals surface area contributed by atoms with Crippen molar-refractivity contribution in [3.05, 3.63) is 94.9 Å². The molecule has 0 atom stereocenters. The Balaban J connectivity index is 1.78. The van der Waals surface area contributed by atoms with Gasteiger partial charge in [-0.05, 0) is 75.2 Å². The summed E-state index contributed by atoms with van der Waals surface area (Å²) in [6.45, 7) is 7.81. The van der Waals surface area contributed by atoms with Crippen molar-refractivity contribution in [1.82, 2.24) is 14.7 Å². The van der Waals surface area contributed by atoms with Crippen molar-refractivity contribution in [2.24, 2.45) is 0 Å². The first kappa shape index (κ1) is 26.7. The molecule has 0 aliphatic rings. The van der Waals surface area contributed by atoms with E-state index in [1.165, 1.54) is 42.6 Å². The zero-order chi connectivity index (χ0) is 27.4. The number of nitrogens with one attached hydrogen (secondary N) is 1. The molecule has 1 amide bonds. The van der Waals surface area contributed by atoms with Crippen LogP contribution in [0.4, 0.5) is 4.39 Å². The summed E-state index contributed by atoms with van der Waals surface area (Å²) in [5, 5.41) is -0.318. The van der Waals surface area contributed by atoms with Crippen molar-refractivity contribution in [1.29, 1.82) is 0 Å². The van der Waals surface area contributed by atoms with Crippen LogP contribution in [-0.4, -0.2) is 30.9 Å². The predicted octanol–water partition coefficient (Wildman–Crippen LogP) is 5.52. The summed E-state index contributed by atoms with van der Waals surface area (Å²) >= 11 is 0. The molecular formula is C28H26FN3O5S. The Morgan fingerprint density at radius 3 is 2.37 bits per heavy atom. The number of benzene rings is 2. The second-order valence-electron chi connectivity index (χ2n) is 8.56. The van der Waals surface area contributed by atoms with Crippen LogP contribution in [0.3, 0.4) is 0 Å². The van der Waals surface area contributed by atoms with Crippen LogP contribution < -0.4 is 14.2 Å². The number of nitrogens with zero attached hydrogens (tertiary/aromatic N) is 2. The van der Waals surface area contributed by atoms with Gasteiger partial charge in [0.2, 0.25) is 5.88 Å². The second kappa shape index (κ2) is 11.0. The zero-order valence-electron chi connectivity index (χ0n) is 21.3. The summed E-state index contributed by atoms with van der Waals surface area (Å²) in [5.41, 5.74) is 2.78. The summed E-state index contributed by atoms with van der Waals surface area (Å²) in [5.74, 6) is -0.910. The van der Waals surface area contributed by atoms with E-state index in [1.807, 2.05) is 37.6 Å². The van der Waals surface area contributed by atoms with Crippen LogP contribution in [0.5, 0.6) is 17.4 Å². The molecule has 0 aliphatic heterocycles. The van der Waals surface area contributed by atoms with Gasteiger partial charge in [-0.2, -0.15) is 8.42 Å². The maximum Gasteiger partial charge on any atom is 0.281 e. The van der Waals surface area contributed by atoms with Crippen molar-refractivity contribution in [2.45, 2.75) is 32.7 Å². The van der Waals surface area contributed by atoms with E-state index in [1.54, 1.807) is 19.1 Å². The summed E-state index contributed by atoms with van der Waals surface area (Å²) in [7, 11) is -4.27. The number of aromatic nitrogens is 2. The summed E-state index contributed by atoms with van der Waals surface area (Å²) in [6.07, 6.45) is 1.30. The number of pyridine rings is 2. The Hall–Kier alpha value is -4.31. The number of amides is 1. The number of rotatable bonds is 8. The lowest BCUT2D eigenvalue weighted by Gasteiger charge is -2.16. The molecule has 0 spiro atoms. The number of sulfonamides is 1. The van der Waals surface area contributed by atoms with Crippen molar-refractivity contribution in [3.8, 4) is 28.6 Å². The monoisotopic (exact) mass is 535 g/mol. The van der Waals surface area contributed by atoms with E-state index in [0.29, 0.717) is 18.1 Å². The van der Waals surface area contributed by atoms with Gasteiger partial charge >= 0.3 is 0 Å². The lowest BCUT2D eigenvalue weighted by Crippen LogP contribution is -2.31. The third-order valence-corrected chi connectivity index (χ3v) is 6.82. The second-order valence-corrected chi connectivity index (χ2v) is 10.2. The molecule has 10 heteroatoms. The minimum Gasteiger partial charge on any atom is -0.494 e. The number of carbonyl (C=O) groups is 1. The molecule has 1 N–H and O–H groups in total. The molecule has 8 nitrogen and oxygen atoms in total. The van der Waals surface area contributed by atoms with Gasteiger partial charge < -0.3 is 9.47 Å². The SMILES string of the molecule is CCOc1ccc(-c2ccc(C(=O)NS(=O)(=O)c3ccccn3)c(Oc3c(C)cc(C)cc3C)n2)c(F)c1. The molecule has 4 rings (SSSR count). The number of ether oxygens (including phenoxy) is 2. The molecule has 2 aromatic carbocycles. The van der Waals surface area contributed by atoms with Gasteiger partial charge in [0, 0.05) is 17.8 Å². The Labute approximate surface area is 220 Å². The lowest BCUT2D eigenvalue weighted by atomic mass is 10.1. The van der Waals surface area contributed by atoms with Gasteiger partial charge in [0.25, 0.3) is 15.9 Å². The molecular weight excluding hydrogens is 509 g/mol. The van der Waals surface area contributed by atoms with E-state index < -0.39 is 21.7 Å². The molecule has 0 bridgehead atoms. The number of halogens is 1. The molecule has 4 aromatic rings. The normalized spacial score (nSPS) is 11.2. The maximum absolute atomic E-state index is 14.9. The molecule has 0 aliphatic carbocycles. The van der Waals surface area contributed by atoms with Crippen LogP contribution >= 0.6 is 0 Å². The highest BCUT2D eigenvalue weighted by Gasteiger charge is 2.25. The van der Waals surface area contributed by atoms with Crippen LogP contribution in [0.1, 0.15) is 34.0 Å². The molecule has 2 heterocycles. The first-order valence-electron chi connectivity index (χ1n) is 11.8. The summed E-state index contributed by atoms with van der Waals surface area (Å²) in [4.78, 5) is 21.4. The largest absolute Gasteiger partial charge is 0.494 e. The van der Waals surface area contributed by atoms with Crippen LogP contribution in [0.2, 0.25) is 0 Å². The summed E-state index contributed by atoms with van der Waals surface area (Å²) < 4.78 is 53.9. The molecule has 196 valence electrons. The Bertz CT molecular complexity index is 1590. The Kier molecular flexibility index (Phi) is 7.72. The van der Waals surface area contributed by atoms with Gasteiger partial charge in [-0.3, -0.25) is 4.79 Å². The van der Waals surface area contributed by atoms with E-state index >= 15 is 0 Å². The first-order chi connectivity index (χ1) is 18.1. The van der Waals surface area contributed by atoms with Crippen molar-refractivity contribution < 1.29 is 27.1 Å². The van der Waals surface area contributed by atoms with Crippen molar-refractivity contribution in [2.75, 3.05) is 6.61 Å². The average Bonchev–Trinajstić information content (AvgIpc) is 2.86. The van der Waals surface area contributed by atoms with Gasteiger partial charge in [-0.15, -0.1) is 0 Å². The quantitative estimate of drug-likeness (QED) is 0.317. The number of hydrogen-bond acceptors (Lipinski definition) is 7. The fourth-order valence-electron chi connectivity index (χ4n) is 3.96. The van der Waals surface area contributed by atoms with Crippen LogP contribution in [0, 0.1) is 26.6 Å². The van der Waals surface area contributed by atoms with Crippen LogP contribution in [-0.2, 0) is 10.0 Å². The highest BCUT2D eigenvalue weighted by Crippen LogP contribution is 2.33. The van der Waals surface area contributed by atoms with Gasteiger partial charge in [0.1, 0.15) is 22.9 Å². The minimum absolute atomic E-state index is 0.154. The fraction of sp³-hybridized carbons (Fsp3) is 0.179. The first-order valence-corrected chi connectivity index (χ1v) is 13.2. The van der Waals surface area contributed by atoms with Gasteiger partial charge in [0.15, 0.2) is 5.03 Å². The van der Waals surface area contributed by atoms with Gasteiger partial charge in [-0.25, -0.2) is 19.1 Å². The Morgan fingerprint density at radius 1 is 1.00 bits per heavy atom. The van der Waals surface area contributed by atoms with Crippen molar-refractivity contribution in [3.63, 3.8) is 0 Å². The zero-order valence-corrected chi connectivity index (χ0v) is 22.1. The minimum atomic E-state index is -4.27. The third kappa shape index (κ3) is 5.81. The van der Waals surface area contributed by atoms with E-state index in [9.17, 15) is 17.6 Å².